The number of hydrogen-bond donors (Lipinski definition) is 0. The molecule has 0 heterocycles. The highest BCUT2D eigenvalue weighted by molar-refractivity contribution is 7.66. The molecule has 0 aliphatic carbocycles. The van der Waals surface area contributed by atoms with Gasteiger partial charge in [-0.1, -0.05) is 80.1 Å². The van der Waals surface area contributed by atoms with Crippen molar-refractivity contribution in [1.29, 1.82) is 0 Å². The fourth-order valence-electron chi connectivity index (χ4n) is 3.84. The molecular formula is C27H54N3OP. The van der Waals surface area contributed by atoms with Crippen molar-refractivity contribution in [1.82, 2.24) is 0 Å². The summed E-state index contributed by atoms with van der Waals surface area (Å²) in [6.07, 6.45) is 14.8. The number of nitrogens with zero attached hydrogens (tertiary/aromatic N) is 3. The summed E-state index contributed by atoms with van der Waals surface area (Å²) >= 11 is 0. The van der Waals surface area contributed by atoms with Crippen LogP contribution in [-0.4, -0.2) is 55.3 Å². The molecule has 0 unspecified atom stereocenters. The van der Waals surface area contributed by atoms with Gasteiger partial charge in [-0.3, -0.25) is 15.0 Å². The van der Waals surface area contributed by atoms with E-state index in [1.165, 1.54) is 0 Å². The molecule has 0 fully saturated rings. The minimum Gasteiger partial charge on any atom is -0.322 e. The SMILES string of the molecule is CCCCN=C(CCC)CP(=O)(CC(CCC)=NCCCC)CC(CCC)=NCCCC. The number of aliphatic imine (C=N–C) groups is 3. The van der Waals surface area contributed by atoms with Crippen LogP contribution in [0.3, 0.4) is 0 Å². The van der Waals surface area contributed by atoms with Gasteiger partial charge in [-0.15, -0.1) is 0 Å². The van der Waals surface area contributed by atoms with E-state index in [0.29, 0.717) is 18.5 Å². The first kappa shape index (κ1) is 31.2. The number of unbranched alkanes of at least 4 members (excludes halogenated alkanes) is 3. The van der Waals surface area contributed by atoms with Crippen LogP contribution >= 0.6 is 7.14 Å². The van der Waals surface area contributed by atoms with Crippen LogP contribution in [0.5, 0.6) is 0 Å². The van der Waals surface area contributed by atoms with Gasteiger partial charge in [-0.2, -0.15) is 0 Å². The van der Waals surface area contributed by atoms with E-state index in [1.54, 1.807) is 0 Å². The van der Waals surface area contributed by atoms with Gasteiger partial charge in [0.2, 0.25) is 0 Å². The van der Waals surface area contributed by atoms with Crippen molar-refractivity contribution in [3.05, 3.63) is 0 Å². The van der Waals surface area contributed by atoms with Crippen LogP contribution in [0, 0.1) is 0 Å². The van der Waals surface area contributed by atoms with E-state index in [2.05, 4.69) is 41.5 Å². The Labute approximate surface area is 200 Å². The highest BCUT2D eigenvalue weighted by Gasteiger charge is 2.28. The van der Waals surface area contributed by atoms with Gasteiger partial charge in [0.05, 0.1) is 0 Å². The molecule has 0 spiro atoms. The highest BCUT2D eigenvalue weighted by atomic mass is 31.2. The molecule has 0 aliphatic rings. The highest BCUT2D eigenvalue weighted by Crippen LogP contribution is 2.47. The topological polar surface area (TPSA) is 54.1 Å². The summed E-state index contributed by atoms with van der Waals surface area (Å²) in [4.78, 5) is 14.7. The van der Waals surface area contributed by atoms with Gasteiger partial charge in [0.1, 0.15) is 7.14 Å². The van der Waals surface area contributed by atoms with Crippen molar-refractivity contribution in [3.63, 3.8) is 0 Å². The lowest BCUT2D eigenvalue weighted by Gasteiger charge is -2.22. The molecule has 0 aromatic carbocycles. The van der Waals surface area contributed by atoms with Crippen LogP contribution in [0.1, 0.15) is 119 Å². The summed E-state index contributed by atoms with van der Waals surface area (Å²) in [5, 5.41) is 0. The van der Waals surface area contributed by atoms with Gasteiger partial charge in [0.15, 0.2) is 0 Å². The quantitative estimate of drug-likeness (QED) is 0.0948. The number of hydrogen-bond acceptors (Lipinski definition) is 4. The molecule has 0 aliphatic heterocycles. The minimum absolute atomic E-state index is 0.650. The normalized spacial score (nSPS) is 15.2. The van der Waals surface area contributed by atoms with Crippen LogP contribution in [0.4, 0.5) is 0 Å². The van der Waals surface area contributed by atoms with E-state index in [0.717, 1.165) is 114 Å². The van der Waals surface area contributed by atoms with Crippen molar-refractivity contribution in [2.75, 3.05) is 38.1 Å². The molecule has 0 saturated heterocycles. The third-order valence-electron chi connectivity index (χ3n) is 5.57. The van der Waals surface area contributed by atoms with E-state index >= 15 is 0 Å². The molecule has 0 aromatic rings. The zero-order valence-corrected chi connectivity index (χ0v) is 23.3. The second-order valence-corrected chi connectivity index (χ2v) is 12.3. The first-order chi connectivity index (χ1) is 15.5. The maximum absolute atomic E-state index is 14.5. The monoisotopic (exact) mass is 467 g/mol. The summed E-state index contributed by atoms with van der Waals surface area (Å²) in [5.74, 6) is 0. The third-order valence-corrected chi connectivity index (χ3v) is 8.39. The standard InChI is InChI=1S/C27H54N3OP/c1-7-13-19-28-25(16-10-4)22-32(31,23-26(17-11-5)29-20-14-8-2)24-27(18-12-6)30-21-15-9-3/h7-24H2,1-6H3. The minimum atomic E-state index is -2.52. The fraction of sp³-hybridized carbons (Fsp3) is 0.889. The van der Waals surface area contributed by atoms with Crippen LogP contribution in [0.15, 0.2) is 15.0 Å². The van der Waals surface area contributed by atoms with E-state index in [-0.39, 0.29) is 0 Å². The molecule has 4 nitrogen and oxygen atoms in total. The van der Waals surface area contributed by atoms with E-state index in [9.17, 15) is 4.57 Å². The summed E-state index contributed by atoms with van der Waals surface area (Å²) in [6.45, 7) is 15.8. The van der Waals surface area contributed by atoms with Gasteiger partial charge in [0.25, 0.3) is 0 Å². The van der Waals surface area contributed by atoms with Gasteiger partial charge in [-0.25, -0.2) is 0 Å². The molecule has 0 radical (unpaired) electrons. The Bertz CT molecular complexity index is 515. The predicted molar refractivity (Wildman–Crippen MR) is 149 cm³/mol. The zero-order valence-electron chi connectivity index (χ0n) is 22.4. The summed E-state index contributed by atoms with van der Waals surface area (Å²) < 4.78 is 14.5. The van der Waals surface area contributed by atoms with Crippen molar-refractivity contribution < 1.29 is 4.57 Å². The molecule has 0 bridgehead atoms. The molecule has 188 valence electrons. The van der Waals surface area contributed by atoms with Gasteiger partial charge >= 0.3 is 0 Å². The molecule has 0 amide bonds. The third kappa shape index (κ3) is 15.9. The Morgan fingerprint density at radius 1 is 0.500 bits per heavy atom. The summed E-state index contributed by atoms with van der Waals surface area (Å²) in [7, 11) is -2.52. The van der Waals surface area contributed by atoms with Crippen molar-refractivity contribution in [2.24, 2.45) is 15.0 Å². The fourth-order valence-corrected chi connectivity index (χ4v) is 6.95. The lowest BCUT2D eigenvalue weighted by Crippen LogP contribution is -2.20. The second-order valence-electron chi connectivity index (χ2n) is 9.19. The molecule has 0 N–H and O–H groups in total. The molecule has 32 heavy (non-hydrogen) atoms. The van der Waals surface area contributed by atoms with Crippen LogP contribution in [0.2, 0.25) is 0 Å². The Hall–Kier alpha value is -0.760. The first-order valence-electron chi connectivity index (χ1n) is 13.6. The largest absolute Gasteiger partial charge is 0.322 e. The lowest BCUT2D eigenvalue weighted by atomic mass is 10.2. The Balaban J connectivity index is 5.87. The van der Waals surface area contributed by atoms with Gasteiger partial charge in [0, 0.05) is 55.3 Å². The second kappa shape index (κ2) is 20.8. The number of rotatable bonds is 21. The first-order valence-corrected chi connectivity index (χ1v) is 15.9. The van der Waals surface area contributed by atoms with Crippen molar-refractivity contribution in [2.45, 2.75) is 119 Å². The van der Waals surface area contributed by atoms with E-state index < -0.39 is 7.14 Å². The maximum Gasteiger partial charge on any atom is 0.104 e. The molecule has 5 heteroatoms. The summed E-state index contributed by atoms with van der Waals surface area (Å²) in [5.41, 5.74) is 3.49. The average Bonchev–Trinajstić information content (AvgIpc) is 2.74. The van der Waals surface area contributed by atoms with E-state index in [1.807, 2.05) is 0 Å². The maximum atomic E-state index is 14.5. The molecule has 0 saturated carbocycles. The Morgan fingerprint density at radius 2 is 0.781 bits per heavy atom. The molecule has 0 atom stereocenters. The molecular weight excluding hydrogens is 413 g/mol. The smallest absolute Gasteiger partial charge is 0.104 e. The lowest BCUT2D eigenvalue weighted by molar-refractivity contribution is 0.581. The molecule has 0 rings (SSSR count). The van der Waals surface area contributed by atoms with Gasteiger partial charge in [-0.05, 0) is 38.5 Å². The van der Waals surface area contributed by atoms with Crippen molar-refractivity contribution >= 4 is 24.3 Å². The van der Waals surface area contributed by atoms with Crippen LogP contribution < -0.4 is 0 Å². The Kier molecular flexibility index (Phi) is 20.3. The van der Waals surface area contributed by atoms with Crippen molar-refractivity contribution in [3.8, 4) is 0 Å². The van der Waals surface area contributed by atoms with Gasteiger partial charge < -0.3 is 4.57 Å². The van der Waals surface area contributed by atoms with E-state index in [4.69, 9.17) is 15.0 Å². The average molecular weight is 468 g/mol. The molecule has 0 aromatic heterocycles. The van der Waals surface area contributed by atoms with Crippen LogP contribution in [-0.2, 0) is 4.57 Å². The zero-order chi connectivity index (χ0) is 24.1. The summed E-state index contributed by atoms with van der Waals surface area (Å²) in [6, 6.07) is 0. The van der Waals surface area contributed by atoms with Crippen LogP contribution in [0.25, 0.3) is 0 Å². The predicted octanol–water partition coefficient (Wildman–Crippen LogP) is 8.47. The Morgan fingerprint density at radius 3 is 1.00 bits per heavy atom.